The lowest BCUT2D eigenvalue weighted by atomic mass is 10.1. The molecule has 0 atom stereocenters. The first-order chi connectivity index (χ1) is 9.29. The monoisotopic (exact) mass is 272 g/mol. The molecule has 1 N–H and O–H groups in total. The Labute approximate surface area is 116 Å². The number of aliphatic hydroxyl groups is 1. The zero-order chi connectivity index (χ0) is 13.2. The van der Waals surface area contributed by atoms with E-state index < -0.39 is 0 Å². The second kappa shape index (κ2) is 5.03. The molecule has 0 unspecified atom stereocenters. The molecule has 0 saturated carbocycles. The van der Waals surface area contributed by atoms with Crippen LogP contribution in [0.1, 0.15) is 5.56 Å². The largest absolute Gasteiger partial charge is 0.396 e. The van der Waals surface area contributed by atoms with Gasteiger partial charge in [0.05, 0.1) is 11.9 Å². The van der Waals surface area contributed by atoms with Gasteiger partial charge in [-0.25, -0.2) is 4.68 Å². The van der Waals surface area contributed by atoms with Crippen LogP contribution in [0.3, 0.4) is 0 Å². The van der Waals surface area contributed by atoms with Crippen molar-refractivity contribution in [1.82, 2.24) is 9.78 Å². The Hall–Kier alpha value is -1.84. The van der Waals surface area contributed by atoms with E-state index in [0.29, 0.717) is 6.42 Å². The van der Waals surface area contributed by atoms with E-state index in [9.17, 15) is 0 Å². The van der Waals surface area contributed by atoms with E-state index in [-0.39, 0.29) is 6.61 Å². The molecule has 0 aliphatic carbocycles. The van der Waals surface area contributed by atoms with Crippen molar-refractivity contribution in [2.75, 3.05) is 6.61 Å². The van der Waals surface area contributed by atoms with Gasteiger partial charge >= 0.3 is 0 Å². The van der Waals surface area contributed by atoms with Crippen LogP contribution < -0.4 is 0 Å². The van der Waals surface area contributed by atoms with Gasteiger partial charge in [-0.3, -0.25) is 0 Å². The Morgan fingerprint density at radius 2 is 1.89 bits per heavy atom. The molecule has 0 amide bonds. The van der Waals surface area contributed by atoms with Crippen LogP contribution in [0.25, 0.3) is 16.5 Å². The van der Waals surface area contributed by atoms with Crippen molar-refractivity contribution in [2.45, 2.75) is 6.42 Å². The van der Waals surface area contributed by atoms with Gasteiger partial charge in [0.25, 0.3) is 0 Å². The third kappa shape index (κ3) is 2.23. The summed E-state index contributed by atoms with van der Waals surface area (Å²) in [5.41, 5.74) is 2.01. The molecule has 0 aliphatic heterocycles. The van der Waals surface area contributed by atoms with Crippen molar-refractivity contribution < 1.29 is 5.11 Å². The maximum Gasteiger partial charge on any atom is 0.0725 e. The molecule has 96 valence electrons. The lowest BCUT2D eigenvalue weighted by Crippen LogP contribution is -1.96. The third-order valence-electron chi connectivity index (χ3n) is 3.13. The number of fused-ring (bicyclic) bond motifs is 1. The molecule has 0 bridgehead atoms. The van der Waals surface area contributed by atoms with Crippen LogP contribution in [0.15, 0.2) is 48.8 Å². The summed E-state index contributed by atoms with van der Waals surface area (Å²) < 4.78 is 1.82. The summed E-state index contributed by atoms with van der Waals surface area (Å²) in [6.45, 7) is 0.132. The van der Waals surface area contributed by atoms with Crippen LogP contribution >= 0.6 is 11.6 Å². The second-order valence-corrected chi connectivity index (χ2v) is 4.79. The first kappa shape index (κ1) is 12.2. The van der Waals surface area contributed by atoms with E-state index in [4.69, 9.17) is 16.7 Å². The molecular formula is C15H13ClN2O. The molecule has 0 radical (unpaired) electrons. The van der Waals surface area contributed by atoms with Crippen molar-refractivity contribution in [3.05, 3.63) is 59.4 Å². The predicted molar refractivity (Wildman–Crippen MR) is 76.9 cm³/mol. The average Bonchev–Trinajstić information content (AvgIpc) is 2.88. The van der Waals surface area contributed by atoms with Gasteiger partial charge in [0.15, 0.2) is 0 Å². The summed E-state index contributed by atoms with van der Waals surface area (Å²) in [5, 5.41) is 16.1. The van der Waals surface area contributed by atoms with Crippen molar-refractivity contribution >= 4 is 22.4 Å². The maximum absolute atomic E-state index is 8.95. The fourth-order valence-electron chi connectivity index (χ4n) is 2.20. The Bertz CT molecular complexity index is 721. The summed E-state index contributed by atoms with van der Waals surface area (Å²) in [5.74, 6) is 0. The molecule has 4 heteroatoms. The van der Waals surface area contributed by atoms with Crippen molar-refractivity contribution in [3.8, 4) is 5.69 Å². The SMILES string of the molecule is OCCc1cnn(-c2ccc(Cl)c3ccccc23)c1. The zero-order valence-corrected chi connectivity index (χ0v) is 11.0. The fourth-order valence-corrected chi connectivity index (χ4v) is 2.42. The van der Waals surface area contributed by atoms with E-state index in [2.05, 4.69) is 5.10 Å². The second-order valence-electron chi connectivity index (χ2n) is 4.38. The van der Waals surface area contributed by atoms with Crippen LogP contribution in [0.4, 0.5) is 0 Å². The first-order valence-corrected chi connectivity index (χ1v) is 6.49. The van der Waals surface area contributed by atoms with Gasteiger partial charge in [-0.15, -0.1) is 0 Å². The lowest BCUT2D eigenvalue weighted by Gasteiger charge is -2.07. The minimum atomic E-state index is 0.132. The molecule has 3 nitrogen and oxygen atoms in total. The highest BCUT2D eigenvalue weighted by atomic mass is 35.5. The zero-order valence-electron chi connectivity index (χ0n) is 10.3. The third-order valence-corrected chi connectivity index (χ3v) is 3.46. The number of nitrogens with zero attached hydrogens (tertiary/aromatic N) is 2. The summed E-state index contributed by atoms with van der Waals surface area (Å²) in [6.07, 6.45) is 4.33. The molecule has 0 aliphatic rings. The molecular weight excluding hydrogens is 260 g/mol. The number of hydrogen-bond acceptors (Lipinski definition) is 2. The van der Waals surface area contributed by atoms with Crippen molar-refractivity contribution in [1.29, 1.82) is 0 Å². The number of halogens is 1. The summed E-state index contributed by atoms with van der Waals surface area (Å²) in [7, 11) is 0. The van der Waals surface area contributed by atoms with Crippen LogP contribution in [0.2, 0.25) is 5.02 Å². The molecule has 1 heterocycles. The molecule has 0 saturated heterocycles. The molecule has 0 spiro atoms. The number of rotatable bonds is 3. The Balaban J connectivity index is 2.16. The van der Waals surface area contributed by atoms with E-state index >= 15 is 0 Å². The summed E-state index contributed by atoms with van der Waals surface area (Å²) >= 11 is 6.21. The Morgan fingerprint density at radius 1 is 1.11 bits per heavy atom. The molecule has 3 aromatic rings. The predicted octanol–water partition coefficient (Wildman–Crippen LogP) is 3.21. The number of aliphatic hydroxyl groups excluding tert-OH is 1. The minimum Gasteiger partial charge on any atom is -0.396 e. The highest BCUT2D eigenvalue weighted by Crippen LogP contribution is 2.28. The van der Waals surface area contributed by atoms with Crippen molar-refractivity contribution in [2.24, 2.45) is 0 Å². The molecule has 0 fully saturated rings. The topological polar surface area (TPSA) is 38.1 Å². The lowest BCUT2D eigenvalue weighted by molar-refractivity contribution is 0.299. The normalized spacial score (nSPS) is 11.1. The van der Waals surface area contributed by atoms with Gasteiger partial charge in [-0.05, 0) is 24.1 Å². The van der Waals surface area contributed by atoms with E-state index in [0.717, 1.165) is 27.0 Å². The van der Waals surface area contributed by atoms with Gasteiger partial charge in [0.1, 0.15) is 0 Å². The van der Waals surface area contributed by atoms with Gasteiger partial charge in [0.2, 0.25) is 0 Å². The van der Waals surface area contributed by atoms with Crippen LogP contribution in [-0.4, -0.2) is 21.5 Å². The van der Waals surface area contributed by atoms with Gasteiger partial charge in [-0.1, -0.05) is 35.9 Å². The minimum absolute atomic E-state index is 0.132. The summed E-state index contributed by atoms with van der Waals surface area (Å²) in [4.78, 5) is 0. The molecule has 2 aromatic carbocycles. The van der Waals surface area contributed by atoms with E-state index in [1.165, 1.54) is 0 Å². The van der Waals surface area contributed by atoms with E-state index in [1.54, 1.807) is 6.20 Å². The fraction of sp³-hybridized carbons (Fsp3) is 0.133. The smallest absolute Gasteiger partial charge is 0.0725 e. The average molecular weight is 273 g/mol. The van der Waals surface area contributed by atoms with E-state index in [1.807, 2.05) is 47.3 Å². The van der Waals surface area contributed by atoms with Crippen LogP contribution in [0.5, 0.6) is 0 Å². The highest BCUT2D eigenvalue weighted by molar-refractivity contribution is 6.35. The Kier molecular flexibility index (Phi) is 3.23. The number of benzene rings is 2. The number of aromatic nitrogens is 2. The van der Waals surface area contributed by atoms with Crippen molar-refractivity contribution in [3.63, 3.8) is 0 Å². The van der Waals surface area contributed by atoms with Gasteiger partial charge in [-0.2, -0.15) is 5.10 Å². The van der Waals surface area contributed by atoms with Crippen LogP contribution in [-0.2, 0) is 6.42 Å². The first-order valence-electron chi connectivity index (χ1n) is 6.11. The molecule has 1 aromatic heterocycles. The van der Waals surface area contributed by atoms with Crippen LogP contribution in [0, 0.1) is 0 Å². The standard InChI is InChI=1S/C15H13ClN2O/c16-14-5-6-15(13-4-2-1-3-12(13)14)18-10-11(7-8-19)9-17-18/h1-6,9-10,19H,7-8H2. The molecule has 19 heavy (non-hydrogen) atoms. The van der Waals surface area contributed by atoms with Gasteiger partial charge < -0.3 is 5.11 Å². The van der Waals surface area contributed by atoms with Gasteiger partial charge in [0, 0.05) is 28.6 Å². The quantitative estimate of drug-likeness (QED) is 0.795. The molecule has 3 rings (SSSR count). The summed E-state index contributed by atoms with van der Waals surface area (Å²) in [6, 6.07) is 11.8. The maximum atomic E-state index is 8.95. The number of hydrogen-bond donors (Lipinski definition) is 1. The Morgan fingerprint density at radius 3 is 2.68 bits per heavy atom. The highest BCUT2D eigenvalue weighted by Gasteiger charge is 2.07.